The van der Waals surface area contributed by atoms with Crippen molar-refractivity contribution in [2.75, 3.05) is 33.9 Å². The number of aliphatic imine (C=N–C) groups is 1. The monoisotopic (exact) mass is 351 g/mol. The number of halogens is 1. The molecule has 0 bridgehead atoms. The van der Waals surface area contributed by atoms with Crippen molar-refractivity contribution in [2.24, 2.45) is 10.9 Å². The van der Waals surface area contributed by atoms with Crippen LogP contribution in [0.25, 0.3) is 0 Å². The Kier molecular flexibility index (Phi) is 7.03. The van der Waals surface area contributed by atoms with Crippen LogP contribution in [0.3, 0.4) is 0 Å². The van der Waals surface area contributed by atoms with Gasteiger partial charge < -0.3 is 19.7 Å². The van der Waals surface area contributed by atoms with E-state index in [2.05, 4.69) is 15.2 Å². The van der Waals surface area contributed by atoms with Gasteiger partial charge in [0.2, 0.25) is 0 Å². The third kappa shape index (κ3) is 5.08. The molecule has 1 heterocycles. The second-order valence-electron chi connectivity index (χ2n) is 5.88. The zero-order chi connectivity index (χ0) is 18.2. The molecular formula is C18H26FN3O3. The van der Waals surface area contributed by atoms with E-state index in [1.54, 1.807) is 13.1 Å². The highest BCUT2D eigenvalue weighted by molar-refractivity contribution is 5.80. The van der Waals surface area contributed by atoms with E-state index >= 15 is 0 Å². The van der Waals surface area contributed by atoms with Crippen LogP contribution in [-0.4, -0.2) is 50.7 Å². The van der Waals surface area contributed by atoms with Gasteiger partial charge in [-0.15, -0.1) is 0 Å². The fourth-order valence-electron chi connectivity index (χ4n) is 2.93. The summed E-state index contributed by atoms with van der Waals surface area (Å²) < 4.78 is 23.9. The SMILES string of the molecule is CCOc1ccc(CNC(=NC)N2CCC(C(=O)OC)CC2)cc1F. The lowest BCUT2D eigenvalue weighted by molar-refractivity contribution is -0.146. The molecule has 0 saturated carbocycles. The molecule has 1 aliphatic heterocycles. The Balaban J connectivity index is 1.89. The van der Waals surface area contributed by atoms with Crippen LogP contribution >= 0.6 is 0 Å². The molecule has 0 amide bonds. The normalized spacial score (nSPS) is 15.8. The zero-order valence-electron chi connectivity index (χ0n) is 15.0. The number of guanidine groups is 1. The summed E-state index contributed by atoms with van der Waals surface area (Å²) in [6, 6.07) is 4.94. The number of nitrogens with one attached hydrogen (secondary N) is 1. The van der Waals surface area contributed by atoms with Gasteiger partial charge >= 0.3 is 5.97 Å². The Labute approximate surface area is 148 Å². The highest BCUT2D eigenvalue weighted by Gasteiger charge is 2.26. The molecule has 0 aliphatic carbocycles. The molecule has 6 nitrogen and oxygen atoms in total. The molecule has 1 N–H and O–H groups in total. The van der Waals surface area contributed by atoms with Gasteiger partial charge in [0.1, 0.15) is 0 Å². The minimum atomic E-state index is -0.366. The van der Waals surface area contributed by atoms with E-state index in [1.807, 2.05) is 13.0 Å². The zero-order valence-corrected chi connectivity index (χ0v) is 15.0. The highest BCUT2D eigenvalue weighted by Crippen LogP contribution is 2.20. The maximum atomic E-state index is 13.9. The number of rotatable bonds is 5. The van der Waals surface area contributed by atoms with Crippen molar-refractivity contribution in [3.63, 3.8) is 0 Å². The molecular weight excluding hydrogens is 325 g/mol. The molecule has 0 aromatic heterocycles. The van der Waals surface area contributed by atoms with Gasteiger partial charge in [-0.3, -0.25) is 9.79 Å². The summed E-state index contributed by atoms with van der Waals surface area (Å²) in [5, 5.41) is 3.24. The molecule has 2 rings (SSSR count). The van der Waals surface area contributed by atoms with Crippen molar-refractivity contribution in [3.8, 4) is 5.75 Å². The van der Waals surface area contributed by atoms with E-state index in [9.17, 15) is 9.18 Å². The Morgan fingerprint density at radius 3 is 2.68 bits per heavy atom. The van der Waals surface area contributed by atoms with Crippen LogP contribution in [0, 0.1) is 11.7 Å². The van der Waals surface area contributed by atoms with Gasteiger partial charge in [-0.2, -0.15) is 0 Å². The first-order valence-corrected chi connectivity index (χ1v) is 8.53. The summed E-state index contributed by atoms with van der Waals surface area (Å²) >= 11 is 0. The number of carbonyl (C=O) groups excluding carboxylic acids is 1. The van der Waals surface area contributed by atoms with Gasteiger partial charge in [-0.1, -0.05) is 6.07 Å². The predicted octanol–water partition coefficient (Wildman–Crippen LogP) is 2.18. The first-order chi connectivity index (χ1) is 12.1. The number of carbonyl (C=O) groups is 1. The number of methoxy groups -OCH3 is 1. The fourth-order valence-corrected chi connectivity index (χ4v) is 2.93. The second kappa shape index (κ2) is 9.25. The predicted molar refractivity (Wildman–Crippen MR) is 94.1 cm³/mol. The molecule has 0 radical (unpaired) electrons. The van der Waals surface area contributed by atoms with Crippen molar-refractivity contribution in [1.82, 2.24) is 10.2 Å². The first kappa shape index (κ1) is 19.0. The minimum absolute atomic E-state index is 0.0421. The Bertz CT molecular complexity index is 614. The van der Waals surface area contributed by atoms with Crippen LogP contribution in [0.1, 0.15) is 25.3 Å². The smallest absolute Gasteiger partial charge is 0.308 e. The topological polar surface area (TPSA) is 63.2 Å². The number of esters is 1. The molecule has 1 fully saturated rings. The molecule has 1 aromatic rings. The van der Waals surface area contributed by atoms with E-state index in [0.29, 0.717) is 13.2 Å². The molecule has 0 unspecified atom stereocenters. The van der Waals surface area contributed by atoms with Gasteiger partial charge in [0, 0.05) is 26.7 Å². The second-order valence-corrected chi connectivity index (χ2v) is 5.88. The van der Waals surface area contributed by atoms with Crippen molar-refractivity contribution in [1.29, 1.82) is 0 Å². The van der Waals surface area contributed by atoms with Crippen LogP contribution in [0.5, 0.6) is 5.75 Å². The third-order valence-corrected chi connectivity index (χ3v) is 4.29. The summed E-state index contributed by atoms with van der Waals surface area (Å²) in [6.07, 6.45) is 1.48. The third-order valence-electron chi connectivity index (χ3n) is 4.29. The number of piperidine rings is 1. The number of benzene rings is 1. The van der Waals surface area contributed by atoms with Crippen LogP contribution in [0.2, 0.25) is 0 Å². The number of likely N-dealkylation sites (tertiary alicyclic amines) is 1. The van der Waals surface area contributed by atoms with Gasteiger partial charge in [0.15, 0.2) is 17.5 Å². The van der Waals surface area contributed by atoms with Crippen LogP contribution in [-0.2, 0) is 16.1 Å². The Hall–Kier alpha value is -2.31. The van der Waals surface area contributed by atoms with Crippen LogP contribution in [0.4, 0.5) is 4.39 Å². The van der Waals surface area contributed by atoms with Crippen molar-refractivity contribution >= 4 is 11.9 Å². The summed E-state index contributed by atoms with van der Waals surface area (Å²) in [5.74, 6) is 0.458. The maximum Gasteiger partial charge on any atom is 0.308 e. The van der Waals surface area contributed by atoms with Crippen molar-refractivity contribution < 1.29 is 18.7 Å². The molecule has 1 aliphatic rings. The molecule has 0 atom stereocenters. The lowest BCUT2D eigenvalue weighted by atomic mass is 9.97. The van der Waals surface area contributed by atoms with E-state index < -0.39 is 0 Å². The summed E-state index contributed by atoms with van der Waals surface area (Å²) in [7, 11) is 3.14. The summed E-state index contributed by atoms with van der Waals surface area (Å²) in [5.41, 5.74) is 0.812. The minimum Gasteiger partial charge on any atom is -0.491 e. The number of hydrogen-bond acceptors (Lipinski definition) is 4. The van der Waals surface area contributed by atoms with Gasteiger partial charge in [-0.05, 0) is 37.5 Å². The average molecular weight is 351 g/mol. The van der Waals surface area contributed by atoms with Crippen LogP contribution in [0.15, 0.2) is 23.2 Å². The molecule has 1 aromatic carbocycles. The van der Waals surface area contributed by atoms with Crippen molar-refractivity contribution in [3.05, 3.63) is 29.6 Å². The Morgan fingerprint density at radius 1 is 1.40 bits per heavy atom. The molecule has 1 saturated heterocycles. The van der Waals surface area contributed by atoms with E-state index in [4.69, 9.17) is 9.47 Å². The number of hydrogen-bond donors (Lipinski definition) is 1. The fraction of sp³-hybridized carbons (Fsp3) is 0.556. The molecule has 0 spiro atoms. The summed E-state index contributed by atoms with van der Waals surface area (Å²) in [6.45, 7) is 4.19. The molecule has 25 heavy (non-hydrogen) atoms. The quantitative estimate of drug-likeness (QED) is 0.500. The lowest BCUT2D eigenvalue weighted by Gasteiger charge is -2.33. The molecule has 7 heteroatoms. The van der Waals surface area contributed by atoms with Gasteiger partial charge in [0.25, 0.3) is 0 Å². The van der Waals surface area contributed by atoms with Crippen LogP contribution < -0.4 is 10.1 Å². The number of nitrogens with zero attached hydrogens (tertiary/aromatic N) is 2. The Morgan fingerprint density at radius 2 is 2.12 bits per heavy atom. The first-order valence-electron chi connectivity index (χ1n) is 8.53. The van der Waals surface area contributed by atoms with Gasteiger partial charge in [-0.25, -0.2) is 4.39 Å². The van der Waals surface area contributed by atoms with E-state index in [0.717, 1.165) is 37.5 Å². The largest absolute Gasteiger partial charge is 0.491 e. The van der Waals surface area contributed by atoms with Gasteiger partial charge in [0.05, 0.1) is 19.6 Å². The maximum absolute atomic E-state index is 13.9. The standard InChI is InChI=1S/C18H26FN3O3/c1-4-25-16-6-5-13(11-15(16)19)12-21-18(20-2)22-9-7-14(8-10-22)17(23)24-3/h5-6,11,14H,4,7-10,12H2,1-3H3,(H,20,21). The van der Waals surface area contributed by atoms with Crippen molar-refractivity contribution in [2.45, 2.75) is 26.3 Å². The molecule has 138 valence electrons. The highest BCUT2D eigenvalue weighted by atomic mass is 19.1. The lowest BCUT2D eigenvalue weighted by Crippen LogP contribution is -2.46. The van der Waals surface area contributed by atoms with E-state index in [-0.39, 0.29) is 23.5 Å². The summed E-state index contributed by atoms with van der Waals surface area (Å²) in [4.78, 5) is 18.0. The number of ether oxygens (including phenoxy) is 2. The average Bonchev–Trinajstić information content (AvgIpc) is 2.64. The van der Waals surface area contributed by atoms with E-state index in [1.165, 1.54) is 13.2 Å².